The van der Waals surface area contributed by atoms with Crippen molar-refractivity contribution in [1.82, 2.24) is 10.6 Å². The summed E-state index contributed by atoms with van der Waals surface area (Å²) in [7, 11) is 1.81. The van der Waals surface area contributed by atoms with Gasteiger partial charge in [0.05, 0.1) is 13.6 Å². The molecule has 0 saturated heterocycles. The second kappa shape index (κ2) is 9.49. The fraction of sp³-hybridized carbons (Fsp3) is 0.529. The molecule has 0 aliphatic rings. The van der Waals surface area contributed by atoms with Gasteiger partial charge in [0.2, 0.25) is 0 Å². The lowest BCUT2D eigenvalue weighted by Crippen LogP contribution is -3.11. The van der Waals surface area contributed by atoms with E-state index >= 15 is 0 Å². The van der Waals surface area contributed by atoms with Gasteiger partial charge in [0, 0.05) is 10.6 Å². The van der Waals surface area contributed by atoms with Crippen LogP contribution in [0.4, 0.5) is 0 Å². The van der Waals surface area contributed by atoms with E-state index in [9.17, 15) is 9.59 Å². The van der Waals surface area contributed by atoms with Crippen LogP contribution in [0.2, 0.25) is 5.02 Å². The summed E-state index contributed by atoms with van der Waals surface area (Å²) >= 11 is 5.79. The monoisotopic (exact) mass is 356 g/mol. The Morgan fingerprint density at radius 1 is 1.12 bits per heavy atom. The first-order chi connectivity index (χ1) is 11.2. The zero-order chi connectivity index (χ0) is 18.2. The minimum absolute atomic E-state index is 0.0705. The summed E-state index contributed by atoms with van der Waals surface area (Å²) in [6, 6.07) is 7.04. The summed E-state index contributed by atoms with van der Waals surface area (Å²) in [5.41, 5.74) is -0.265. The number of nitrogens with one attached hydrogen (secondary N) is 3. The molecule has 0 bridgehead atoms. The zero-order valence-corrected chi connectivity index (χ0v) is 15.5. The summed E-state index contributed by atoms with van der Waals surface area (Å²) in [6.07, 6.45) is 0. The molecule has 0 heterocycles. The highest BCUT2D eigenvalue weighted by atomic mass is 35.5. The predicted molar refractivity (Wildman–Crippen MR) is 94.5 cm³/mol. The number of benzene rings is 1. The number of amides is 2. The lowest BCUT2D eigenvalue weighted by atomic mass is 10.1. The van der Waals surface area contributed by atoms with Crippen LogP contribution >= 0.6 is 11.6 Å². The Bertz CT molecular complexity index is 541. The van der Waals surface area contributed by atoms with Crippen LogP contribution in [0, 0.1) is 0 Å². The molecule has 0 aromatic heterocycles. The number of likely N-dealkylation sites (N-methyl/N-ethyl adjacent to an activating group) is 1. The smallest absolute Gasteiger partial charge is 0.275 e. The lowest BCUT2D eigenvalue weighted by molar-refractivity contribution is -0.862. The van der Waals surface area contributed by atoms with Gasteiger partial charge in [-0.2, -0.15) is 0 Å². The maximum Gasteiger partial charge on any atom is 0.275 e. The Labute approximate surface area is 148 Å². The molecular formula is C17H27ClN3O3+. The molecule has 3 N–H and O–H groups in total. The van der Waals surface area contributed by atoms with E-state index in [1.807, 2.05) is 27.8 Å². The molecule has 2 amide bonds. The van der Waals surface area contributed by atoms with E-state index in [2.05, 4.69) is 10.6 Å². The largest absolute Gasteiger partial charge is 0.492 e. The number of rotatable bonds is 8. The van der Waals surface area contributed by atoms with Crippen molar-refractivity contribution in [1.29, 1.82) is 0 Å². The van der Waals surface area contributed by atoms with Gasteiger partial charge in [-0.3, -0.25) is 9.59 Å². The first-order valence-electron chi connectivity index (χ1n) is 7.93. The van der Waals surface area contributed by atoms with Crippen LogP contribution in [0.3, 0.4) is 0 Å². The van der Waals surface area contributed by atoms with Crippen molar-refractivity contribution in [2.75, 3.05) is 33.3 Å². The lowest BCUT2D eigenvalue weighted by Gasteiger charge is -2.21. The summed E-state index contributed by atoms with van der Waals surface area (Å²) in [5, 5.41) is 6.30. The van der Waals surface area contributed by atoms with Crippen LogP contribution in [0.1, 0.15) is 20.8 Å². The number of ether oxygens (including phenoxy) is 1. The fourth-order valence-electron chi connectivity index (χ4n) is 2.03. The van der Waals surface area contributed by atoms with Crippen LogP contribution in [0.15, 0.2) is 24.3 Å². The van der Waals surface area contributed by atoms with Gasteiger partial charge in [-0.05, 0) is 45.0 Å². The van der Waals surface area contributed by atoms with E-state index in [4.69, 9.17) is 16.3 Å². The molecule has 1 aromatic carbocycles. The molecule has 1 rings (SSSR count). The Hall–Kier alpha value is -1.79. The van der Waals surface area contributed by atoms with E-state index in [0.717, 1.165) is 4.90 Å². The maximum absolute atomic E-state index is 11.8. The highest BCUT2D eigenvalue weighted by molar-refractivity contribution is 6.30. The third kappa shape index (κ3) is 9.37. The van der Waals surface area contributed by atoms with Crippen molar-refractivity contribution < 1.29 is 19.2 Å². The van der Waals surface area contributed by atoms with E-state index in [-0.39, 0.29) is 30.4 Å². The van der Waals surface area contributed by atoms with Gasteiger partial charge < -0.3 is 20.3 Å². The van der Waals surface area contributed by atoms with Gasteiger partial charge in [-0.1, -0.05) is 11.6 Å². The highest BCUT2D eigenvalue weighted by Crippen LogP contribution is 2.14. The van der Waals surface area contributed by atoms with Crippen LogP contribution in [-0.4, -0.2) is 50.6 Å². The molecule has 0 aliphatic carbocycles. The Morgan fingerprint density at radius 2 is 1.71 bits per heavy atom. The summed E-state index contributed by atoms with van der Waals surface area (Å²) in [4.78, 5) is 24.5. The third-order valence-electron chi connectivity index (χ3n) is 2.95. The Kier molecular flexibility index (Phi) is 8.01. The van der Waals surface area contributed by atoms with Crippen molar-refractivity contribution in [3.8, 4) is 5.75 Å². The van der Waals surface area contributed by atoms with Crippen molar-refractivity contribution in [2.24, 2.45) is 0 Å². The Balaban J connectivity index is 2.18. The minimum Gasteiger partial charge on any atom is -0.492 e. The molecule has 0 radical (unpaired) electrons. The minimum atomic E-state index is -0.265. The molecule has 1 aromatic rings. The first-order valence-corrected chi connectivity index (χ1v) is 8.31. The molecule has 0 aliphatic heterocycles. The number of halogens is 1. The molecule has 24 heavy (non-hydrogen) atoms. The quantitative estimate of drug-likeness (QED) is 0.585. The van der Waals surface area contributed by atoms with E-state index < -0.39 is 0 Å². The van der Waals surface area contributed by atoms with E-state index in [1.165, 1.54) is 0 Å². The molecule has 1 unspecified atom stereocenters. The number of hydrogen-bond donors (Lipinski definition) is 3. The van der Waals surface area contributed by atoms with Gasteiger partial charge in [0.15, 0.2) is 13.1 Å². The van der Waals surface area contributed by atoms with Gasteiger partial charge >= 0.3 is 0 Å². The standard InChI is InChI=1S/C17H26ClN3O3/c1-17(2,3)20-16(23)12-21(4)11-15(22)19-9-10-24-14-7-5-13(18)6-8-14/h5-8H,9-12H2,1-4H3,(H,19,22)(H,20,23)/p+1. The molecule has 1 atom stereocenters. The molecular weight excluding hydrogens is 330 g/mol. The first kappa shape index (κ1) is 20.3. The van der Waals surface area contributed by atoms with Crippen LogP contribution < -0.4 is 20.3 Å². The van der Waals surface area contributed by atoms with Gasteiger partial charge in [0.1, 0.15) is 12.4 Å². The molecule has 0 fully saturated rings. The van der Waals surface area contributed by atoms with Crippen LogP contribution in [-0.2, 0) is 9.59 Å². The SMILES string of the molecule is C[NH+](CC(=O)NCCOc1ccc(Cl)cc1)CC(=O)NC(C)(C)C. The highest BCUT2D eigenvalue weighted by Gasteiger charge is 2.18. The third-order valence-corrected chi connectivity index (χ3v) is 3.20. The van der Waals surface area contributed by atoms with Gasteiger partial charge in [-0.15, -0.1) is 0 Å². The zero-order valence-electron chi connectivity index (χ0n) is 14.7. The predicted octanol–water partition coefficient (Wildman–Crippen LogP) is 0.264. The molecule has 134 valence electrons. The summed E-state index contributed by atoms with van der Waals surface area (Å²) < 4.78 is 5.49. The number of hydrogen-bond acceptors (Lipinski definition) is 3. The summed E-state index contributed by atoms with van der Waals surface area (Å²) in [5.74, 6) is 0.518. The summed E-state index contributed by atoms with van der Waals surface area (Å²) in [6.45, 7) is 7.04. The van der Waals surface area contributed by atoms with Crippen molar-refractivity contribution in [3.63, 3.8) is 0 Å². The van der Waals surface area contributed by atoms with E-state index in [1.54, 1.807) is 24.3 Å². The topological polar surface area (TPSA) is 71.9 Å². The number of carbonyl (C=O) groups excluding carboxylic acids is 2. The average molecular weight is 357 g/mol. The van der Waals surface area contributed by atoms with Gasteiger partial charge in [-0.25, -0.2) is 0 Å². The van der Waals surface area contributed by atoms with Crippen molar-refractivity contribution >= 4 is 23.4 Å². The Morgan fingerprint density at radius 3 is 2.29 bits per heavy atom. The molecule has 0 saturated carbocycles. The van der Waals surface area contributed by atoms with Crippen LogP contribution in [0.25, 0.3) is 0 Å². The van der Waals surface area contributed by atoms with E-state index in [0.29, 0.717) is 23.9 Å². The van der Waals surface area contributed by atoms with Crippen molar-refractivity contribution in [2.45, 2.75) is 26.3 Å². The maximum atomic E-state index is 11.8. The van der Waals surface area contributed by atoms with Crippen LogP contribution in [0.5, 0.6) is 5.75 Å². The normalized spacial score (nSPS) is 12.4. The fourth-order valence-corrected chi connectivity index (χ4v) is 2.15. The molecule has 6 nitrogen and oxygen atoms in total. The average Bonchev–Trinajstić information content (AvgIpc) is 2.43. The second-order valence-electron chi connectivity index (χ2n) is 6.76. The second-order valence-corrected chi connectivity index (χ2v) is 7.20. The number of quaternary nitrogens is 1. The van der Waals surface area contributed by atoms with Crippen molar-refractivity contribution in [3.05, 3.63) is 29.3 Å². The molecule has 0 spiro atoms. The van der Waals surface area contributed by atoms with Gasteiger partial charge in [0.25, 0.3) is 11.8 Å². The molecule has 7 heteroatoms. The number of carbonyl (C=O) groups is 2.